The van der Waals surface area contributed by atoms with E-state index in [4.69, 9.17) is 4.74 Å². The topological polar surface area (TPSA) is 81.4 Å². The summed E-state index contributed by atoms with van der Waals surface area (Å²) >= 11 is 0. The van der Waals surface area contributed by atoms with E-state index in [1.54, 1.807) is 24.7 Å². The van der Waals surface area contributed by atoms with Crippen molar-refractivity contribution >= 4 is 23.0 Å². The lowest BCUT2D eigenvalue weighted by atomic mass is 10.2. The average Bonchev–Trinajstić information content (AvgIpc) is 3.06. The molecular formula is C23H21N5O2. The van der Waals surface area contributed by atoms with Crippen molar-refractivity contribution in [3.05, 3.63) is 83.9 Å². The highest BCUT2D eigenvalue weighted by Crippen LogP contribution is 2.22. The number of benzene rings is 1. The van der Waals surface area contributed by atoms with Crippen LogP contribution in [0, 0.1) is 13.8 Å². The summed E-state index contributed by atoms with van der Waals surface area (Å²) in [6.45, 7) is 3.84. The average molecular weight is 399 g/mol. The largest absolute Gasteiger partial charge is 0.481 e. The molecule has 0 fully saturated rings. The first-order valence-electron chi connectivity index (χ1n) is 9.52. The second kappa shape index (κ2) is 8.57. The zero-order chi connectivity index (χ0) is 20.9. The van der Waals surface area contributed by atoms with Crippen molar-refractivity contribution in [3.8, 4) is 11.6 Å². The summed E-state index contributed by atoms with van der Waals surface area (Å²) in [6.07, 6.45) is 5.08. The molecule has 0 aliphatic heterocycles. The molecule has 1 N–H and O–H groups in total. The Labute approximate surface area is 174 Å². The highest BCUT2D eigenvalue weighted by molar-refractivity contribution is 5.86. The summed E-state index contributed by atoms with van der Waals surface area (Å²) in [5.74, 6) is 1.05. The van der Waals surface area contributed by atoms with Gasteiger partial charge in [-0.1, -0.05) is 24.3 Å². The van der Waals surface area contributed by atoms with E-state index in [0.29, 0.717) is 5.75 Å². The van der Waals surface area contributed by atoms with E-state index in [-0.39, 0.29) is 12.5 Å². The first-order chi connectivity index (χ1) is 14.6. The molecule has 0 radical (unpaired) electrons. The second-order valence-corrected chi connectivity index (χ2v) is 6.76. The summed E-state index contributed by atoms with van der Waals surface area (Å²) in [6, 6.07) is 17.2. The third-order valence-electron chi connectivity index (χ3n) is 4.70. The van der Waals surface area contributed by atoms with Crippen LogP contribution in [-0.2, 0) is 4.79 Å². The molecule has 4 rings (SSSR count). The number of fused-ring (bicyclic) bond motifs is 1. The number of ether oxygens (including phenoxy) is 1. The second-order valence-electron chi connectivity index (χ2n) is 6.76. The van der Waals surface area contributed by atoms with Gasteiger partial charge in [0.2, 0.25) is 0 Å². The number of rotatable bonds is 6. The van der Waals surface area contributed by atoms with Crippen LogP contribution in [0.5, 0.6) is 5.75 Å². The smallest absolute Gasteiger partial charge is 0.277 e. The summed E-state index contributed by atoms with van der Waals surface area (Å²) < 4.78 is 7.67. The number of nitrogens with one attached hydrogen (secondary N) is 1. The number of hydrogen-bond acceptors (Lipinski definition) is 5. The van der Waals surface area contributed by atoms with Crippen molar-refractivity contribution in [1.82, 2.24) is 20.0 Å². The quantitative estimate of drug-likeness (QED) is 0.397. The minimum absolute atomic E-state index is 0.153. The number of para-hydroxylation sites is 1. The zero-order valence-corrected chi connectivity index (χ0v) is 16.7. The van der Waals surface area contributed by atoms with Crippen LogP contribution in [0.4, 0.5) is 0 Å². The van der Waals surface area contributed by atoms with Gasteiger partial charge in [-0.3, -0.25) is 9.78 Å². The van der Waals surface area contributed by atoms with Gasteiger partial charge in [0.25, 0.3) is 5.91 Å². The molecule has 7 heteroatoms. The van der Waals surface area contributed by atoms with Gasteiger partial charge < -0.3 is 9.30 Å². The van der Waals surface area contributed by atoms with Crippen LogP contribution in [0.15, 0.2) is 72.1 Å². The number of pyridine rings is 2. The van der Waals surface area contributed by atoms with E-state index in [1.807, 2.05) is 66.9 Å². The molecule has 150 valence electrons. The van der Waals surface area contributed by atoms with Gasteiger partial charge in [-0.25, -0.2) is 10.4 Å². The normalized spacial score (nSPS) is 11.1. The van der Waals surface area contributed by atoms with E-state index >= 15 is 0 Å². The molecule has 0 bridgehead atoms. The predicted molar refractivity (Wildman–Crippen MR) is 116 cm³/mol. The van der Waals surface area contributed by atoms with Gasteiger partial charge in [0.05, 0.1) is 6.21 Å². The number of aromatic nitrogens is 3. The number of amides is 1. The Morgan fingerprint density at radius 1 is 1.10 bits per heavy atom. The van der Waals surface area contributed by atoms with Gasteiger partial charge in [-0.2, -0.15) is 5.10 Å². The first kappa shape index (κ1) is 19.3. The lowest BCUT2D eigenvalue weighted by Gasteiger charge is -2.08. The third-order valence-corrected chi connectivity index (χ3v) is 4.70. The molecule has 0 unspecified atom stereocenters. The van der Waals surface area contributed by atoms with Gasteiger partial charge in [0, 0.05) is 34.7 Å². The molecule has 1 aromatic carbocycles. The van der Waals surface area contributed by atoms with Crippen molar-refractivity contribution in [3.63, 3.8) is 0 Å². The fourth-order valence-corrected chi connectivity index (χ4v) is 3.30. The lowest BCUT2D eigenvalue weighted by molar-refractivity contribution is -0.123. The van der Waals surface area contributed by atoms with E-state index in [0.717, 1.165) is 33.7 Å². The van der Waals surface area contributed by atoms with Crippen LogP contribution in [0.25, 0.3) is 16.7 Å². The maximum Gasteiger partial charge on any atom is 0.277 e. The fraction of sp³-hybridized carbons (Fsp3) is 0.130. The maximum absolute atomic E-state index is 12.1. The number of carbonyl (C=O) groups excluding carboxylic acids is 1. The van der Waals surface area contributed by atoms with Gasteiger partial charge >= 0.3 is 0 Å². The van der Waals surface area contributed by atoms with Gasteiger partial charge in [0.1, 0.15) is 17.1 Å². The van der Waals surface area contributed by atoms with E-state index in [9.17, 15) is 4.79 Å². The van der Waals surface area contributed by atoms with E-state index < -0.39 is 0 Å². The van der Waals surface area contributed by atoms with Crippen LogP contribution in [0.2, 0.25) is 0 Å². The summed E-state index contributed by atoms with van der Waals surface area (Å²) in [7, 11) is 0. The molecule has 0 spiro atoms. The van der Waals surface area contributed by atoms with Crippen LogP contribution < -0.4 is 10.2 Å². The molecule has 1 amide bonds. The van der Waals surface area contributed by atoms with Gasteiger partial charge in [0.15, 0.2) is 6.61 Å². The zero-order valence-electron chi connectivity index (χ0n) is 16.7. The standard InChI is InChI=1S/C23H21N5O2/c1-16-13-19(17(2)28(16)21-10-3-4-11-24-21)14-26-27-22(29)15-30-20-9-5-7-18-8-6-12-25-23(18)20/h3-14H,15H2,1-2H3,(H,27,29)/b26-14+. The monoisotopic (exact) mass is 399 g/mol. The lowest BCUT2D eigenvalue weighted by Crippen LogP contribution is -2.24. The van der Waals surface area contributed by atoms with Crippen LogP contribution in [0.3, 0.4) is 0 Å². The van der Waals surface area contributed by atoms with Crippen molar-refractivity contribution in [2.45, 2.75) is 13.8 Å². The van der Waals surface area contributed by atoms with Crippen molar-refractivity contribution in [2.75, 3.05) is 6.61 Å². The Balaban J connectivity index is 1.40. The predicted octanol–water partition coefficient (Wildman–Crippen LogP) is 3.57. The maximum atomic E-state index is 12.1. The number of aryl methyl sites for hydroxylation is 1. The number of carbonyl (C=O) groups is 1. The Hall–Kier alpha value is -4.00. The SMILES string of the molecule is Cc1cc(/C=N/NC(=O)COc2cccc3cccnc23)c(C)n1-c1ccccn1. The molecule has 3 aromatic heterocycles. The molecule has 4 aromatic rings. The third kappa shape index (κ3) is 4.05. The van der Waals surface area contributed by atoms with Crippen LogP contribution in [0.1, 0.15) is 17.0 Å². The molecular weight excluding hydrogens is 378 g/mol. The number of hydrogen-bond donors (Lipinski definition) is 1. The summed E-state index contributed by atoms with van der Waals surface area (Å²) in [4.78, 5) is 20.8. The van der Waals surface area contributed by atoms with Crippen LogP contribution in [-0.4, -0.2) is 33.3 Å². The molecule has 0 saturated heterocycles. The Kier molecular flexibility index (Phi) is 5.52. The fourth-order valence-electron chi connectivity index (χ4n) is 3.30. The Morgan fingerprint density at radius 2 is 1.93 bits per heavy atom. The van der Waals surface area contributed by atoms with Gasteiger partial charge in [-0.15, -0.1) is 0 Å². The minimum atomic E-state index is -0.349. The molecule has 30 heavy (non-hydrogen) atoms. The summed E-state index contributed by atoms with van der Waals surface area (Å²) in [5, 5.41) is 5.03. The molecule has 7 nitrogen and oxygen atoms in total. The first-order valence-corrected chi connectivity index (χ1v) is 9.52. The molecule has 3 heterocycles. The molecule has 0 aliphatic carbocycles. The number of nitrogens with zero attached hydrogens (tertiary/aromatic N) is 4. The van der Waals surface area contributed by atoms with E-state index in [1.165, 1.54) is 0 Å². The van der Waals surface area contributed by atoms with Crippen molar-refractivity contribution in [1.29, 1.82) is 0 Å². The molecule has 0 aliphatic rings. The van der Waals surface area contributed by atoms with E-state index in [2.05, 4.69) is 20.5 Å². The summed E-state index contributed by atoms with van der Waals surface area (Å²) in [5.41, 5.74) is 6.15. The Morgan fingerprint density at radius 3 is 2.77 bits per heavy atom. The van der Waals surface area contributed by atoms with Crippen molar-refractivity contribution in [2.24, 2.45) is 5.10 Å². The minimum Gasteiger partial charge on any atom is -0.481 e. The molecule has 0 saturated carbocycles. The highest BCUT2D eigenvalue weighted by Gasteiger charge is 2.10. The molecule has 0 atom stereocenters. The van der Waals surface area contributed by atoms with Crippen LogP contribution >= 0.6 is 0 Å². The van der Waals surface area contributed by atoms with Gasteiger partial charge in [-0.05, 0) is 44.2 Å². The Bertz CT molecular complexity index is 1210. The van der Waals surface area contributed by atoms with Crippen molar-refractivity contribution < 1.29 is 9.53 Å². The highest BCUT2D eigenvalue weighted by atomic mass is 16.5. The number of hydrazone groups is 1.